The van der Waals surface area contributed by atoms with Crippen LogP contribution < -0.4 is 5.32 Å². The minimum atomic E-state index is -0.280. The fourth-order valence-electron chi connectivity index (χ4n) is 11.6. The van der Waals surface area contributed by atoms with Gasteiger partial charge < -0.3 is 29.5 Å². The second-order valence-corrected chi connectivity index (χ2v) is 22.1. The first-order valence-electron chi connectivity index (χ1n) is 26.1. The van der Waals surface area contributed by atoms with Gasteiger partial charge in [0.15, 0.2) is 0 Å². The maximum Gasteiger partial charge on any atom is 0.253 e. The largest absolute Gasteiger partial charge is 0.379 e. The number of aldehydes is 1. The highest BCUT2D eigenvalue weighted by atomic mass is 35.5. The number of likely N-dealkylation sites (tertiary alicyclic amines) is 4. The lowest BCUT2D eigenvalue weighted by atomic mass is 9.70. The van der Waals surface area contributed by atoms with E-state index in [9.17, 15) is 14.4 Å². The Morgan fingerprint density at radius 1 is 0.592 bits per heavy atom. The Balaban J connectivity index is 0.000000163. The molecule has 0 saturated carbocycles. The SMILES string of the molecule is C1CCN(C2CNC2)CC1.O=C(c1ccccc1)N1CCCC(CCCN2CC(N3CCOCC3)C2)(c2ccc(Cl)c(Cl)c2)C1.O=CCCC1(c2ccc(Cl)c(Cl)c2)CCCN(C(=O)c2ccccc2)C1. The number of nitrogens with zero attached hydrogens (tertiary/aromatic N) is 5. The van der Waals surface area contributed by atoms with Crippen molar-refractivity contribution in [2.75, 3.05) is 98.3 Å². The molecule has 382 valence electrons. The number of hydrogen-bond donors (Lipinski definition) is 1. The summed E-state index contributed by atoms with van der Waals surface area (Å²) in [5.74, 6) is 0.145. The molecule has 0 aliphatic carbocycles. The van der Waals surface area contributed by atoms with Crippen LogP contribution in [0.15, 0.2) is 97.1 Å². The van der Waals surface area contributed by atoms with Gasteiger partial charge in [0.1, 0.15) is 6.29 Å². The molecule has 0 spiro atoms. The van der Waals surface area contributed by atoms with E-state index in [2.05, 4.69) is 26.1 Å². The van der Waals surface area contributed by atoms with Crippen molar-refractivity contribution in [1.82, 2.24) is 29.8 Å². The van der Waals surface area contributed by atoms with Crippen LogP contribution in [0.5, 0.6) is 0 Å². The van der Waals surface area contributed by atoms with Crippen molar-refractivity contribution in [3.8, 4) is 0 Å². The molecule has 14 heteroatoms. The standard InChI is InChI=1S/C28H35Cl2N3O2.C21H21Cl2NO2.C8H16N2/c29-25-9-8-23(18-26(25)30)28(10-4-12-31-19-24(20-31)32-14-16-35-17-15-32)11-5-13-33(21-28)27(34)22-6-2-1-3-7-22;22-18-9-8-17(14-19(18)23)21(11-5-13-25)10-4-12-24(15-21)20(26)16-6-2-1-3-7-16;1-2-4-10(5-3-1)8-6-9-7-8/h1-3,6-9,18,24H,4-5,10-17,19-21H2;1-3,6-9,13-14H,4-5,10-12,15H2;8-9H,1-7H2. The van der Waals surface area contributed by atoms with Gasteiger partial charge in [-0.25, -0.2) is 0 Å². The van der Waals surface area contributed by atoms with Gasteiger partial charge in [0.05, 0.1) is 33.3 Å². The van der Waals surface area contributed by atoms with Crippen LogP contribution in [0.4, 0.5) is 0 Å². The summed E-state index contributed by atoms with van der Waals surface area (Å²) < 4.78 is 5.50. The third-order valence-electron chi connectivity index (χ3n) is 15.9. The summed E-state index contributed by atoms with van der Waals surface area (Å²) in [4.78, 5) is 49.0. The number of morpholine rings is 1. The minimum Gasteiger partial charge on any atom is -0.379 e. The number of carbonyl (C=O) groups is 3. The number of piperidine rings is 3. The van der Waals surface area contributed by atoms with Crippen LogP contribution in [0.25, 0.3) is 0 Å². The lowest BCUT2D eigenvalue weighted by Gasteiger charge is -2.47. The van der Waals surface area contributed by atoms with E-state index in [1.807, 2.05) is 94.7 Å². The zero-order valence-corrected chi connectivity index (χ0v) is 44.3. The molecule has 0 radical (unpaired) electrons. The summed E-state index contributed by atoms with van der Waals surface area (Å²) in [5, 5.41) is 5.49. The van der Waals surface area contributed by atoms with Gasteiger partial charge in [0.2, 0.25) is 0 Å². The monoisotopic (exact) mass is 1040 g/mol. The number of amides is 2. The van der Waals surface area contributed by atoms with Crippen LogP contribution in [0.3, 0.4) is 0 Å². The Morgan fingerprint density at radius 3 is 1.58 bits per heavy atom. The third-order valence-corrected chi connectivity index (χ3v) is 17.3. The molecule has 0 bridgehead atoms. The number of benzene rings is 4. The van der Waals surface area contributed by atoms with E-state index >= 15 is 0 Å². The first-order valence-corrected chi connectivity index (χ1v) is 27.6. The van der Waals surface area contributed by atoms with Gasteiger partial charge in [-0.3, -0.25) is 19.4 Å². The molecule has 71 heavy (non-hydrogen) atoms. The van der Waals surface area contributed by atoms with E-state index in [0.717, 1.165) is 128 Å². The van der Waals surface area contributed by atoms with Crippen molar-refractivity contribution in [3.63, 3.8) is 0 Å². The predicted octanol–water partition coefficient (Wildman–Crippen LogP) is 10.6. The lowest BCUT2D eigenvalue weighted by molar-refractivity contribution is -0.108. The summed E-state index contributed by atoms with van der Waals surface area (Å²) in [6, 6.07) is 32.2. The van der Waals surface area contributed by atoms with Gasteiger partial charge in [-0.1, -0.05) is 101 Å². The maximum atomic E-state index is 13.3. The molecule has 4 aromatic carbocycles. The van der Waals surface area contributed by atoms with Crippen LogP contribution in [0.1, 0.15) is 102 Å². The fourth-order valence-corrected chi connectivity index (χ4v) is 12.2. The van der Waals surface area contributed by atoms with Crippen molar-refractivity contribution < 1.29 is 19.1 Å². The molecular formula is C57H72Cl4N6O4. The fraction of sp³-hybridized carbons (Fsp3) is 0.526. The van der Waals surface area contributed by atoms with Crippen molar-refractivity contribution in [2.24, 2.45) is 0 Å². The zero-order valence-electron chi connectivity index (χ0n) is 41.2. The van der Waals surface area contributed by atoms with E-state index < -0.39 is 0 Å². The van der Waals surface area contributed by atoms with Crippen LogP contribution in [0.2, 0.25) is 20.1 Å². The first kappa shape index (κ1) is 53.7. The molecule has 6 aliphatic rings. The van der Waals surface area contributed by atoms with Gasteiger partial charge in [0.25, 0.3) is 11.8 Å². The Kier molecular flexibility index (Phi) is 19.7. The normalized spacial score (nSPS) is 23.5. The summed E-state index contributed by atoms with van der Waals surface area (Å²) in [7, 11) is 0. The molecule has 2 atom stereocenters. The maximum absolute atomic E-state index is 13.3. The average molecular weight is 1050 g/mol. The predicted molar refractivity (Wildman–Crippen MR) is 289 cm³/mol. The highest BCUT2D eigenvalue weighted by molar-refractivity contribution is 6.42. The first-order chi connectivity index (χ1) is 34.6. The molecular weight excluding hydrogens is 974 g/mol. The average Bonchev–Trinajstić information content (AvgIpc) is 3.38. The van der Waals surface area contributed by atoms with Gasteiger partial charge >= 0.3 is 0 Å². The van der Waals surface area contributed by atoms with Crippen molar-refractivity contribution in [1.29, 1.82) is 0 Å². The number of halogens is 4. The molecule has 6 aliphatic heterocycles. The van der Waals surface area contributed by atoms with Crippen LogP contribution >= 0.6 is 46.4 Å². The Labute approximate surface area is 442 Å². The highest BCUT2D eigenvalue weighted by Crippen LogP contribution is 2.42. The number of nitrogens with one attached hydrogen (secondary N) is 1. The molecule has 4 aromatic rings. The zero-order chi connectivity index (χ0) is 49.6. The topological polar surface area (TPSA) is 88.7 Å². The Morgan fingerprint density at radius 2 is 1.10 bits per heavy atom. The van der Waals surface area contributed by atoms with Gasteiger partial charge in [0, 0.05) is 106 Å². The molecule has 6 heterocycles. The Hall–Kier alpha value is -3.55. The number of carbonyl (C=O) groups excluding carboxylic acids is 3. The molecule has 2 unspecified atom stereocenters. The van der Waals surface area contributed by atoms with Gasteiger partial charge in [-0.2, -0.15) is 0 Å². The third kappa shape index (κ3) is 14.0. The van der Waals surface area contributed by atoms with Gasteiger partial charge in [-0.05, 0) is 137 Å². The van der Waals surface area contributed by atoms with Crippen molar-refractivity contribution in [2.45, 2.75) is 93.5 Å². The summed E-state index contributed by atoms with van der Waals surface area (Å²) in [6.07, 6.45) is 12.4. The summed E-state index contributed by atoms with van der Waals surface area (Å²) in [5.41, 5.74) is 3.30. The number of hydrogen-bond acceptors (Lipinski definition) is 8. The molecule has 6 fully saturated rings. The molecule has 1 N–H and O–H groups in total. The van der Waals surface area contributed by atoms with E-state index in [0.29, 0.717) is 51.1 Å². The number of ether oxygens (including phenoxy) is 1. The Bertz CT molecular complexity index is 2340. The van der Waals surface area contributed by atoms with Crippen LogP contribution in [0, 0.1) is 0 Å². The van der Waals surface area contributed by atoms with Crippen molar-refractivity contribution in [3.05, 3.63) is 139 Å². The lowest BCUT2D eigenvalue weighted by Crippen LogP contribution is -2.61. The van der Waals surface area contributed by atoms with Crippen LogP contribution in [-0.2, 0) is 20.4 Å². The minimum absolute atomic E-state index is 0.0286. The highest BCUT2D eigenvalue weighted by Gasteiger charge is 2.41. The molecule has 10 nitrogen and oxygen atoms in total. The van der Waals surface area contributed by atoms with Crippen LogP contribution in [-0.4, -0.2) is 153 Å². The second-order valence-electron chi connectivity index (χ2n) is 20.5. The van der Waals surface area contributed by atoms with E-state index in [1.165, 1.54) is 51.0 Å². The van der Waals surface area contributed by atoms with E-state index in [4.69, 9.17) is 51.1 Å². The molecule has 6 saturated heterocycles. The van der Waals surface area contributed by atoms with E-state index in [-0.39, 0.29) is 22.6 Å². The molecule has 2 amide bonds. The second kappa shape index (κ2) is 26.1. The number of rotatable bonds is 13. The van der Waals surface area contributed by atoms with Gasteiger partial charge in [-0.15, -0.1) is 0 Å². The summed E-state index contributed by atoms with van der Waals surface area (Å²) in [6.45, 7) is 15.2. The smallest absolute Gasteiger partial charge is 0.253 e. The molecule has 10 rings (SSSR count). The molecule has 0 aromatic heterocycles. The van der Waals surface area contributed by atoms with E-state index in [1.54, 1.807) is 6.07 Å². The van der Waals surface area contributed by atoms with Crippen molar-refractivity contribution >= 4 is 64.5 Å². The quantitative estimate of drug-likeness (QED) is 0.133. The summed E-state index contributed by atoms with van der Waals surface area (Å²) >= 11 is 25.0.